The standard InChI is InChI=1S/C11H19F2N5O2/c1-7(2)20-11-17-9(14-3)16-10(18-11)15-4-5-19-6-8(12)13/h7-8H,4-6H2,1-3H3,(H2,14,15,16,17,18). The molecule has 0 aromatic carbocycles. The number of alkyl halides is 2. The normalized spacial score (nSPS) is 10.9. The summed E-state index contributed by atoms with van der Waals surface area (Å²) in [5.41, 5.74) is 0. The van der Waals surface area contributed by atoms with Gasteiger partial charge in [0.1, 0.15) is 6.61 Å². The predicted molar refractivity (Wildman–Crippen MR) is 70.5 cm³/mol. The number of hydrogen-bond acceptors (Lipinski definition) is 7. The molecule has 0 saturated carbocycles. The highest BCUT2D eigenvalue weighted by molar-refractivity contribution is 5.35. The molecule has 0 bridgehead atoms. The van der Waals surface area contributed by atoms with E-state index in [-0.39, 0.29) is 18.7 Å². The molecule has 0 fully saturated rings. The van der Waals surface area contributed by atoms with Gasteiger partial charge in [-0.25, -0.2) is 8.78 Å². The van der Waals surface area contributed by atoms with Gasteiger partial charge in [0.25, 0.3) is 6.43 Å². The molecule has 1 aromatic rings. The van der Waals surface area contributed by atoms with E-state index in [2.05, 4.69) is 25.6 Å². The monoisotopic (exact) mass is 291 g/mol. The van der Waals surface area contributed by atoms with Crippen molar-refractivity contribution in [2.75, 3.05) is 37.4 Å². The maximum atomic E-state index is 11.9. The molecule has 20 heavy (non-hydrogen) atoms. The highest BCUT2D eigenvalue weighted by Crippen LogP contribution is 2.11. The van der Waals surface area contributed by atoms with Gasteiger partial charge >= 0.3 is 6.01 Å². The van der Waals surface area contributed by atoms with Gasteiger partial charge in [0.15, 0.2) is 0 Å². The van der Waals surface area contributed by atoms with E-state index in [0.29, 0.717) is 18.4 Å². The van der Waals surface area contributed by atoms with E-state index < -0.39 is 13.0 Å². The first kappa shape index (κ1) is 16.3. The minimum Gasteiger partial charge on any atom is -0.461 e. The van der Waals surface area contributed by atoms with Crippen molar-refractivity contribution in [2.24, 2.45) is 0 Å². The topological polar surface area (TPSA) is 81.2 Å². The Labute approximate surface area is 116 Å². The largest absolute Gasteiger partial charge is 0.461 e. The van der Waals surface area contributed by atoms with Gasteiger partial charge < -0.3 is 20.1 Å². The van der Waals surface area contributed by atoms with Crippen LogP contribution in [0.25, 0.3) is 0 Å². The molecule has 0 spiro atoms. The lowest BCUT2D eigenvalue weighted by atomic mass is 10.5. The van der Waals surface area contributed by atoms with Gasteiger partial charge in [0, 0.05) is 13.6 Å². The van der Waals surface area contributed by atoms with Crippen molar-refractivity contribution >= 4 is 11.9 Å². The molecule has 0 amide bonds. The lowest BCUT2D eigenvalue weighted by molar-refractivity contribution is 0.0214. The van der Waals surface area contributed by atoms with Gasteiger partial charge in [0.2, 0.25) is 11.9 Å². The van der Waals surface area contributed by atoms with Crippen LogP contribution in [-0.2, 0) is 4.74 Å². The van der Waals surface area contributed by atoms with Crippen LogP contribution in [0.1, 0.15) is 13.8 Å². The molecule has 0 aliphatic heterocycles. The molecule has 1 heterocycles. The Morgan fingerprint density at radius 3 is 2.45 bits per heavy atom. The fourth-order valence-electron chi connectivity index (χ4n) is 1.22. The lowest BCUT2D eigenvalue weighted by Crippen LogP contribution is -2.16. The average Bonchev–Trinajstić information content (AvgIpc) is 2.36. The number of halogens is 2. The van der Waals surface area contributed by atoms with Crippen molar-refractivity contribution in [3.8, 4) is 6.01 Å². The smallest absolute Gasteiger partial charge is 0.323 e. The van der Waals surface area contributed by atoms with Crippen molar-refractivity contribution in [2.45, 2.75) is 26.4 Å². The zero-order valence-corrected chi connectivity index (χ0v) is 11.7. The molecule has 9 heteroatoms. The number of rotatable bonds is 9. The van der Waals surface area contributed by atoms with E-state index in [9.17, 15) is 8.78 Å². The van der Waals surface area contributed by atoms with E-state index in [1.165, 1.54) is 0 Å². The molecule has 1 rings (SSSR count). The number of anilines is 2. The second kappa shape index (κ2) is 8.41. The van der Waals surface area contributed by atoms with E-state index in [4.69, 9.17) is 9.47 Å². The minimum atomic E-state index is -2.46. The summed E-state index contributed by atoms with van der Waals surface area (Å²) in [4.78, 5) is 12.2. The number of nitrogens with zero attached hydrogens (tertiary/aromatic N) is 3. The van der Waals surface area contributed by atoms with Gasteiger partial charge in [0.05, 0.1) is 12.7 Å². The number of ether oxygens (including phenoxy) is 2. The highest BCUT2D eigenvalue weighted by Gasteiger charge is 2.08. The Morgan fingerprint density at radius 1 is 1.15 bits per heavy atom. The van der Waals surface area contributed by atoms with Crippen molar-refractivity contribution in [1.82, 2.24) is 15.0 Å². The first-order chi connectivity index (χ1) is 9.51. The van der Waals surface area contributed by atoms with Crippen LogP contribution in [-0.4, -0.2) is 54.3 Å². The molecule has 0 radical (unpaired) electrons. The maximum Gasteiger partial charge on any atom is 0.323 e. The molecule has 114 valence electrons. The van der Waals surface area contributed by atoms with E-state index in [0.717, 1.165) is 0 Å². The molecule has 0 aliphatic carbocycles. The molecule has 0 unspecified atom stereocenters. The Bertz CT molecular complexity index is 406. The van der Waals surface area contributed by atoms with E-state index in [1.54, 1.807) is 7.05 Å². The number of aromatic nitrogens is 3. The van der Waals surface area contributed by atoms with Crippen molar-refractivity contribution < 1.29 is 18.3 Å². The lowest BCUT2D eigenvalue weighted by Gasteiger charge is -2.11. The molecule has 0 aliphatic rings. The summed E-state index contributed by atoms with van der Waals surface area (Å²) in [7, 11) is 1.67. The third-order valence-electron chi connectivity index (χ3n) is 1.95. The Morgan fingerprint density at radius 2 is 1.85 bits per heavy atom. The fourth-order valence-corrected chi connectivity index (χ4v) is 1.22. The first-order valence-corrected chi connectivity index (χ1v) is 6.21. The quantitative estimate of drug-likeness (QED) is 0.665. The fraction of sp³-hybridized carbons (Fsp3) is 0.727. The second-order valence-electron chi connectivity index (χ2n) is 4.07. The summed E-state index contributed by atoms with van der Waals surface area (Å²) in [5, 5.41) is 5.64. The minimum absolute atomic E-state index is 0.0654. The summed E-state index contributed by atoms with van der Waals surface area (Å²) < 4.78 is 33.8. The highest BCUT2D eigenvalue weighted by atomic mass is 19.3. The Kier molecular flexibility index (Phi) is 6.85. The van der Waals surface area contributed by atoms with Crippen LogP contribution in [0.2, 0.25) is 0 Å². The van der Waals surface area contributed by atoms with Crippen LogP contribution < -0.4 is 15.4 Å². The number of nitrogens with one attached hydrogen (secondary N) is 2. The van der Waals surface area contributed by atoms with Gasteiger partial charge in [-0.15, -0.1) is 0 Å². The zero-order chi connectivity index (χ0) is 15.0. The molecular formula is C11H19F2N5O2. The van der Waals surface area contributed by atoms with Crippen LogP contribution in [0.3, 0.4) is 0 Å². The van der Waals surface area contributed by atoms with Crippen molar-refractivity contribution in [1.29, 1.82) is 0 Å². The molecule has 0 saturated heterocycles. The molecule has 2 N–H and O–H groups in total. The van der Waals surface area contributed by atoms with Crippen molar-refractivity contribution in [3.63, 3.8) is 0 Å². The Hall–Kier alpha value is -1.77. The average molecular weight is 291 g/mol. The molecule has 1 aromatic heterocycles. The van der Waals surface area contributed by atoms with Crippen LogP contribution in [0.4, 0.5) is 20.7 Å². The summed E-state index contributed by atoms with van der Waals surface area (Å²) in [5.74, 6) is 0.646. The zero-order valence-electron chi connectivity index (χ0n) is 11.7. The van der Waals surface area contributed by atoms with Crippen LogP contribution in [0.5, 0.6) is 6.01 Å². The Balaban J connectivity index is 2.51. The van der Waals surface area contributed by atoms with Gasteiger partial charge in [-0.05, 0) is 13.8 Å². The summed E-state index contributed by atoms with van der Waals surface area (Å²) in [6.07, 6.45) is -2.53. The third-order valence-corrected chi connectivity index (χ3v) is 1.95. The SMILES string of the molecule is CNc1nc(NCCOCC(F)F)nc(OC(C)C)n1. The van der Waals surface area contributed by atoms with Crippen LogP contribution in [0, 0.1) is 0 Å². The molecule has 0 atom stereocenters. The van der Waals surface area contributed by atoms with E-state index >= 15 is 0 Å². The summed E-state index contributed by atoms with van der Waals surface area (Å²) in [6.45, 7) is 3.57. The van der Waals surface area contributed by atoms with Gasteiger partial charge in [-0.2, -0.15) is 15.0 Å². The van der Waals surface area contributed by atoms with Crippen LogP contribution in [0.15, 0.2) is 0 Å². The van der Waals surface area contributed by atoms with Crippen molar-refractivity contribution in [3.05, 3.63) is 0 Å². The second-order valence-corrected chi connectivity index (χ2v) is 4.07. The molecular weight excluding hydrogens is 272 g/mol. The summed E-state index contributed by atoms with van der Waals surface area (Å²) >= 11 is 0. The van der Waals surface area contributed by atoms with Gasteiger partial charge in [-0.1, -0.05) is 0 Å². The first-order valence-electron chi connectivity index (χ1n) is 6.21. The summed E-state index contributed by atoms with van der Waals surface area (Å²) in [6, 6.07) is 0.190. The van der Waals surface area contributed by atoms with Gasteiger partial charge in [-0.3, -0.25) is 0 Å². The third kappa shape index (κ3) is 6.41. The van der Waals surface area contributed by atoms with Crippen LogP contribution >= 0.6 is 0 Å². The molecule has 7 nitrogen and oxygen atoms in total. The maximum absolute atomic E-state index is 11.9. The predicted octanol–water partition coefficient (Wildman–Crippen LogP) is 1.39. The number of hydrogen-bond donors (Lipinski definition) is 2. The van der Waals surface area contributed by atoms with E-state index in [1.807, 2.05) is 13.8 Å².